The van der Waals surface area contributed by atoms with Crippen molar-refractivity contribution in [1.82, 2.24) is 9.97 Å². The Labute approximate surface area is 109 Å². The van der Waals surface area contributed by atoms with Crippen LogP contribution in [0.3, 0.4) is 0 Å². The summed E-state index contributed by atoms with van der Waals surface area (Å²) in [6.07, 6.45) is -3.67. The third-order valence-electron chi connectivity index (χ3n) is 2.04. The third-order valence-corrected chi connectivity index (χ3v) is 2.04. The summed E-state index contributed by atoms with van der Waals surface area (Å²) in [7, 11) is 1.43. The molecule has 1 rings (SSSR count). The second-order valence-corrected chi connectivity index (χ2v) is 3.62. The molecule has 0 aliphatic rings. The summed E-state index contributed by atoms with van der Waals surface area (Å²) in [5.74, 6) is -0.272. The maximum Gasteiger partial charge on any atom is 0.433 e. The van der Waals surface area contributed by atoms with E-state index >= 15 is 0 Å². The SMILES string of the molecule is CCCOCCOc1cc(C(F)(F)F)nc(NC)n1. The molecule has 0 spiro atoms. The number of ether oxygens (including phenoxy) is 2. The van der Waals surface area contributed by atoms with E-state index in [0.29, 0.717) is 13.2 Å². The molecule has 108 valence electrons. The molecule has 1 N–H and O–H groups in total. The van der Waals surface area contributed by atoms with Crippen LogP contribution >= 0.6 is 0 Å². The van der Waals surface area contributed by atoms with Crippen LogP contribution in [-0.4, -0.2) is 36.8 Å². The van der Waals surface area contributed by atoms with E-state index in [2.05, 4.69) is 15.3 Å². The van der Waals surface area contributed by atoms with Gasteiger partial charge in [-0.3, -0.25) is 0 Å². The van der Waals surface area contributed by atoms with Crippen LogP contribution in [0.1, 0.15) is 19.0 Å². The lowest BCUT2D eigenvalue weighted by Crippen LogP contribution is -2.13. The molecule has 0 aliphatic heterocycles. The van der Waals surface area contributed by atoms with Gasteiger partial charge in [0.2, 0.25) is 11.8 Å². The minimum absolute atomic E-state index is 0.133. The first-order chi connectivity index (χ1) is 8.97. The molecule has 0 unspecified atom stereocenters. The Morgan fingerprint density at radius 2 is 1.95 bits per heavy atom. The van der Waals surface area contributed by atoms with Crippen molar-refractivity contribution in [2.75, 3.05) is 32.2 Å². The van der Waals surface area contributed by atoms with Crippen LogP contribution in [-0.2, 0) is 10.9 Å². The standard InChI is InChI=1S/C11H16F3N3O2/c1-3-4-18-5-6-19-9-7-8(11(12,13)14)16-10(15-2)17-9/h7H,3-6H2,1-2H3,(H,15,16,17). The summed E-state index contributed by atoms with van der Waals surface area (Å²) < 4.78 is 48.0. The molecule has 0 radical (unpaired) electrons. The minimum atomic E-state index is -4.54. The highest BCUT2D eigenvalue weighted by atomic mass is 19.4. The van der Waals surface area contributed by atoms with Crippen molar-refractivity contribution in [2.45, 2.75) is 19.5 Å². The average Bonchev–Trinajstić information content (AvgIpc) is 2.37. The predicted molar refractivity (Wildman–Crippen MR) is 63.2 cm³/mol. The Morgan fingerprint density at radius 1 is 1.21 bits per heavy atom. The van der Waals surface area contributed by atoms with Crippen LogP contribution in [0.15, 0.2) is 6.07 Å². The zero-order valence-corrected chi connectivity index (χ0v) is 10.8. The largest absolute Gasteiger partial charge is 0.475 e. The van der Waals surface area contributed by atoms with Gasteiger partial charge < -0.3 is 14.8 Å². The Bertz CT molecular complexity index is 399. The Hall–Kier alpha value is -1.57. The van der Waals surface area contributed by atoms with Crippen LogP contribution in [0, 0.1) is 0 Å². The van der Waals surface area contributed by atoms with E-state index < -0.39 is 11.9 Å². The minimum Gasteiger partial charge on any atom is -0.475 e. The van der Waals surface area contributed by atoms with E-state index in [1.54, 1.807) is 0 Å². The van der Waals surface area contributed by atoms with Gasteiger partial charge in [-0.1, -0.05) is 6.92 Å². The van der Waals surface area contributed by atoms with Crippen LogP contribution in [0.5, 0.6) is 5.88 Å². The molecule has 0 aromatic carbocycles. The maximum absolute atomic E-state index is 12.6. The molecule has 19 heavy (non-hydrogen) atoms. The first-order valence-corrected chi connectivity index (χ1v) is 5.82. The number of aromatic nitrogens is 2. The summed E-state index contributed by atoms with van der Waals surface area (Å²) >= 11 is 0. The molecular formula is C11H16F3N3O2. The van der Waals surface area contributed by atoms with Crippen molar-refractivity contribution >= 4 is 5.95 Å². The smallest absolute Gasteiger partial charge is 0.433 e. The van der Waals surface area contributed by atoms with Gasteiger partial charge in [0.05, 0.1) is 6.61 Å². The van der Waals surface area contributed by atoms with Crippen molar-refractivity contribution < 1.29 is 22.6 Å². The topological polar surface area (TPSA) is 56.3 Å². The molecule has 8 heteroatoms. The van der Waals surface area contributed by atoms with Crippen molar-refractivity contribution in [1.29, 1.82) is 0 Å². The van der Waals surface area contributed by atoms with Crippen LogP contribution in [0.2, 0.25) is 0 Å². The predicted octanol–water partition coefficient (Wildman–Crippen LogP) is 2.34. The van der Waals surface area contributed by atoms with Gasteiger partial charge in [-0.15, -0.1) is 0 Å². The number of hydrogen-bond acceptors (Lipinski definition) is 5. The van der Waals surface area contributed by atoms with Crippen molar-refractivity contribution in [3.05, 3.63) is 11.8 Å². The summed E-state index contributed by atoms with van der Waals surface area (Å²) in [5, 5.41) is 2.46. The second-order valence-electron chi connectivity index (χ2n) is 3.62. The van der Waals surface area contributed by atoms with E-state index in [1.165, 1.54) is 7.05 Å². The molecule has 0 bridgehead atoms. The molecule has 0 aliphatic carbocycles. The number of alkyl halides is 3. The van der Waals surface area contributed by atoms with Gasteiger partial charge in [0.15, 0.2) is 5.69 Å². The molecule has 0 saturated carbocycles. The molecular weight excluding hydrogens is 263 g/mol. The first kappa shape index (κ1) is 15.5. The average molecular weight is 279 g/mol. The van der Waals surface area contributed by atoms with E-state index in [-0.39, 0.29) is 18.4 Å². The molecule has 5 nitrogen and oxygen atoms in total. The number of nitrogens with zero attached hydrogens (tertiary/aromatic N) is 2. The Kier molecular flexibility index (Phi) is 5.81. The van der Waals surface area contributed by atoms with E-state index in [0.717, 1.165) is 12.5 Å². The number of nitrogens with one attached hydrogen (secondary N) is 1. The highest BCUT2D eigenvalue weighted by Gasteiger charge is 2.33. The summed E-state index contributed by atoms with van der Waals surface area (Å²) in [6, 6.07) is 0.765. The van der Waals surface area contributed by atoms with Gasteiger partial charge in [-0.25, -0.2) is 4.98 Å². The summed E-state index contributed by atoms with van der Waals surface area (Å²) in [5.41, 5.74) is -1.05. The van der Waals surface area contributed by atoms with Crippen LogP contribution in [0.4, 0.5) is 19.1 Å². The molecule has 0 atom stereocenters. The zero-order valence-electron chi connectivity index (χ0n) is 10.8. The van der Waals surface area contributed by atoms with Gasteiger partial charge >= 0.3 is 6.18 Å². The van der Waals surface area contributed by atoms with E-state index in [1.807, 2.05) is 6.92 Å². The lowest BCUT2D eigenvalue weighted by Gasteiger charge is -2.11. The van der Waals surface area contributed by atoms with Gasteiger partial charge in [0.25, 0.3) is 0 Å². The molecule has 1 aromatic rings. The van der Waals surface area contributed by atoms with Gasteiger partial charge in [0.1, 0.15) is 6.61 Å². The zero-order chi connectivity index (χ0) is 14.3. The number of anilines is 1. The second kappa shape index (κ2) is 7.13. The highest BCUT2D eigenvalue weighted by molar-refractivity contribution is 5.31. The fourth-order valence-corrected chi connectivity index (χ4v) is 1.21. The summed E-state index contributed by atoms with van der Waals surface area (Å²) in [4.78, 5) is 7.11. The Morgan fingerprint density at radius 3 is 2.53 bits per heavy atom. The van der Waals surface area contributed by atoms with Crippen molar-refractivity contribution in [3.8, 4) is 5.88 Å². The number of halogens is 3. The molecule has 1 aromatic heterocycles. The fourth-order valence-electron chi connectivity index (χ4n) is 1.21. The molecule has 0 saturated heterocycles. The quantitative estimate of drug-likeness (QED) is 0.776. The molecule has 1 heterocycles. The summed E-state index contributed by atoms with van der Waals surface area (Å²) in [6.45, 7) is 2.98. The van der Waals surface area contributed by atoms with E-state index in [4.69, 9.17) is 9.47 Å². The number of rotatable bonds is 7. The maximum atomic E-state index is 12.6. The van der Waals surface area contributed by atoms with Gasteiger partial charge in [-0.2, -0.15) is 18.2 Å². The van der Waals surface area contributed by atoms with E-state index in [9.17, 15) is 13.2 Å². The third kappa shape index (κ3) is 5.29. The van der Waals surface area contributed by atoms with Crippen molar-refractivity contribution in [3.63, 3.8) is 0 Å². The number of hydrogen-bond donors (Lipinski definition) is 1. The monoisotopic (exact) mass is 279 g/mol. The van der Waals surface area contributed by atoms with Crippen LogP contribution < -0.4 is 10.1 Å². The van der Waals surface area contributed by atoms with Gasteiger partial charge in [-0.05, 0) is 6.42 Å². The lowest BCUT2D eigenvalue weighted by atomic mass is 10.4. The first-order valence-electron chi connectivity index (χ1n) is 5.82. The molecule has 0 fully saturated rings. The van der Waals surface area contributed by atoms with Gasteiger partial charge in [0, 0.05) is 19.7 Å². The highest BCUT2D eigenvalue weighted by Crippen LogP contribution is 2.30. The molecule has 0 amide bonds. The normalized spacial score (nSPS) is 11.4. The lowest BCUT2D eigenvalue weighted by molar-refractivity contribution is -0.141. The Balaban J connectivity index is 2.67. The van der Waals surface area contributed by atoms with Crippen molar-refractivity contribution in [2.24, 2.45) is 0 Å². The fraction of sp³-hybridized carbons (Fsp3) is 0.636. The van der Waals surface area contributed by atoms with Crippen LogP contribution in [0.25, 0.3) is 0 Å².